The first kappa shape index (κ1) is 15.9. The molecule has 1 N–H and O–H groups in total. The Hall–Kier alpha value is -2.46. The second-order valence-electron chi connectivity index (χ2n) is 4.85. The van der Waals surface area contributed by atoms with E-state index >= 15 is 0 Å². The van der Waals surface area contributed by atoms with Crippen LogP contribution < -0.4 is 0 Å². The lowest BCUT2D eigenvalue weighted by Gasteiger charge is -2.12. The molecule has 0 fully saturated rings. The predicted octanol–water partition coefficient (Wildman–Crippen LogP) is 3.01. The molecule has 0 heterocycles. The zero-order valence-electron chi connectivity index (χ0n) is 12.5. The van der Waals surface area contributed by atoms with Crippen LogP contribution in [0.25, 0.3) is 0 Å². The molecule has 1 unspecified atom stereocenters. The molecular weight excluding hydrogens is 278 g/mol. The summed E-state index contributed by atoms with van der Waals surface area (Å²) in [5, 5.41) is 9.38. The molecule has 4 nitrogen and oxygen atoms in total. The van der Waals surface area contributed by atoms with Crippen LogP contribution in [0.2, 0.25) is 0 Å². The van der Waals surface area contributed by atoms with E-state index < -0.39 is 12.0 Å². The van der Waals surface area contributed by atoms with Crippen molar-refractivity contribution in [3.8, 4) is 0 Å². The minimum atomic E-state index is -0.943. The van der Waals surface area contributed by atoms with E-state index in [0.717, 1.165) is 11.1 Å². The van der Waals surface area contributed by atoms with Gasteiger partial charge in [0.1, 0.15) is 6.04 Å². The molecule has 0 saturated heterocycles. The van der Waals surface area contributed by atoms with Crippen molar-refractivity contribution < 1.29 is 14.6 Å². The number of carbonyl (C=O) groups is 1. The summed E-state index contributed by atoms with van der Waals surface area (Å²) in [6.45, 7) is 0.358. The van der Waals surface area contributed by atoms with Crippen LogP contribution in [0.3, 0.4) is 0 Å². The van der Waals surface area contributed by atoms with Gasteiger partial charge in [0, 0.05) is 31.3 Å². The lowest BCUT2D eigenvalue weighted by molar-refractivity contribution is -0.138. The lowest BCUT2D eigenvalue weighted by Crippen LogP contribution is -2.22. The first-order chi connectivity index (χ1) is 10.7. The van der Waals surface area contributed by atoms with Crippen molar-refractivity contribution in [1.29, 1.82) is 0 Å². The number of benzene rings is 2. The Morgan fingerprint density at radius 2 is 1.55 bits per heavy atom. The van der Waals surface area contributed by atoms with Crippen molar-refractivity contribution in [2.45, 2.75) is 12.5 Å². The summed E-state index contributed by atoms with van der Waals surface area (Å²) in [6.07, 6.45) is 0.342. The number of ether oxygens (including phenoxy) is 1. The van der Waals surface area contributed by atoms with Gasteiger partial charge in [0.2, 0.25) is 0 Å². The maximum absolute atomic E-state index is 11.4. The van der Waals surface area contributed by atoms with Crippen molar-refractivity contribution in [2.24, 2.45) is 4.99 Å². The van der Waals surface area contributed by atoms with E-state index in [-0.39, 0.29) is 0 Å². The zero-order valence-corrected chi connectivity index (χ0v) is 12.5. The molecule has 0 radical (unpaired) electrons. The highest BCUT2D eigenvalue weighted by atomic mass is 16.5. The van der Waals surface area contributed by atoms with E-state index in [1.165, 1.54) is 0 Å². The Kier molecular flexibility index (Phi) is 5.86. The molecular formula is C18H19NO3. The predicted molar refractivity (Wildman–Crippen MR) is 86.4 cm³/mol. The molecule has 0 aromatic heterocycles. The lowest BCUT2D eigenvalue weighted by atomic mass is 10.0. The van der Waals surface area contributed by atoms with Crippen molar-refractivity contribution in [2.75, 3.05) is 13.7 Å². The average molecular weight is 297 g/mol. The number of carboxylic acid groups (broad SMARTS) is 1. The number of aliphatic imine (C=N–C) groups is 1. The summed E-state index contributed by atoms with van der Waals surface area (Å²) < 4.78 is 4.98. The molecule has 2 aromatic carbocycles. The van der Waals surface area contributed by atoms with Gasteiger partial charge >= 0.3 is 5.97 Å². The summed E-state index contributed by atoms with van der Waals surface area (Å²) in [5.41, 5.74) is 2.49. The van der Waals surface area contributed by atoms with Crippen LogP contribution in [0.4, 0.5) is 0 Å². The number of nitrogens with zero attached hydrogens (tertiary/aromatic N) is 1. The maximum atomic E-state index is 11.4. The fourth-order valence-electron chi connectivity index (χ4n) is 2.14. The summed E-state index contributed by atoms with van der Waals surface area (Å²) in [7, 11) is 1.55. The van der Waals surface area contributed by atoms with Crippen molar-refractivity contribution in [1.82, 2.24) is 0 Å². The van der Waals surface area contributed by atoms with Gasteiger partial charge in [-0.2, -0.15) is 0 Å². The first-order valence-electron chi connectivity index (χ1n) is 7.12. The monoisotopic (exact) mass is 297 g/mol. The number of carboxylic acids is 1. The van der Waals surface area contributed by atoms with E-state index in [9.17, 15) is 9.90 Å². The van der Waals surface area contributed by atoms with E-state index in [4.69, 9.17) is 4.74 Å². The fourth-order valence-corrected chi connectivity index (χ4v) is 2.14. The van der Waals surface area contributed by atoms with Gasteiger partial charge in [-0.1, -0.05) is 60.7 Å². The molecule has 1 atom stereocenters. The standard InChI is InChI=1S/C18H19NO3/c1-22-13-12-16(18(20)21)19-17(14-8-4-2-5-9-14)15-10-6-3-7-11-15/h2-11,16H,12-13H2,1H3,(H,20,21). The zero-order chi connectivity index (χ0) is 15.8. The minimum absolute atomic E-state index is 0.342. The van der Waals surface area contributed by atoms with Crippen LogP contribution in [0.1, 0.15) is 17.5 Å². The fraction of sp³-hybridized carbons (Fsp3) is 0.222. The molecule has 2 aromatic rings. The van der Waals surface area contributed by atoms with Gasteiger partial charge in [-0.15, -0.1) is 0 Å². The third kappa shape index (κ3) is 4.27. The quantitative estimate of drug-likeness (QED) is 0.799. The summed E-state index contributed by atoms with van der Waals surface area (Å²) in [4.78, 5) is 15.9. The van der Waals surface area contributed by atoms with Gasteiger partial charge in [-0.05, 0) is 0 Å². The smallest absolute Gasteiger partial charge is 0.328 e. The number of aliphatic carboxylic acids is 1. The van der Waals surface area contributed by atoms with Crippen LogP contribution in [-0.4, -0.2) is 36.5 Å². The summed E-state index contributed by atoms with van der Waals surface area (Å²) in [6, 6.07) is 18.4. The normalized spacial score (nSPS) is 11.7. The molecule has 4 heteroatoms. The van der Waals surface area contributed by atoms with Gasteiger partial charge in [0.15, 0.2) is 0 Å². The highest BCUT2D eigenvalue weighted by molar-refractivity contribution is 6.13. The molecule has 0 amide bonds. The van der Waals surface area contributed by atoms with E-state index in [2.05, 4.69) is 4.99 Å². The Balaban J connectivity index is 2.43. The van der Waals surface area contributed by atoms with Crippen molar-refractivity contribution >= 4 is 11.7 Å². The molecule has 22 heavy (non-hydrogen) atoms. The average Bonchev–Trinajstić information content (AvgIpc) is 2.56. The van der Waals surface area contributed by atoms with Crippen LogP contribution in [0.5, 0.6) is 0 Å². The second-order valence-corrected chi connectivity index (χ2v) is 4.85. The highest BCUT2D eigenvalue weighted by Crippen LogP contribution is 2.13. The van der Waals surface area contributed by atoms with E-state index in [0.29, 0.717) is 18.7 Å². The third-order valence-electron chi connectivity index (χ3n) is 3.26. The molecule has 0 saturated carbocycles. The third-order valence-corrected chi connectivity index (χ3v) is 3.26. The van der Waals surface area contributed by atoms with Gasteiger partial charge in [0.05, 0.1) is 5.71 Å². The SMILES string of the molecule is COCCC(N=C(c1ccccc1)c1ccccc1)C(=O)O. The summed E-state index contributed by atoms with van der Waals surface area (Å²) >= 11 is 0. The molecule has 114 valence electrons. The topological polar surface area (TPSA) is 58.9 Å². The number of hydrogen-bond acceptors (Lipinski definition) is 3. The van der Waals surface area contributed by atoms with Gasteiger partial charge < -0.3 is 9.84 Å². The Labute approximate surface area is 130 Å². The molecule has 0 aliphatic heterocycles. The van der Waals surface area contributed by atoms with Crippen LogP contribution in [0.15, 0.2) is 65.7 Å². The van der Waals surface area contributed by atoms with Gasteiger partial charge in [-0.3, -0.25) is 4.99 Å². The second kappa shape index (κ2) is 8.10. The minimum Gasteiger partial charge on any atom is -0.480 e. The van der Waals surface area contributed by atoms with Gasteiger partial charge in [0.25, 0.3) is 0 Å². The largest absolute Gasteiger partial charge is 0.480 e. The molecule has 0 spiro atoms. The highest BCUT2D eigenvalue weighted by Gasteiger charge is 2.18. The summed E-state index contributed by atoms with van der Waals surface area (Å²) in [5.74, 6) is -0.943. The molecule has 0 aliphatic rings. The molecule has 2 rings (SSSR count). The van der Waals surface area contributed by atoms with Crippen molar-refractivity contribution in [3.05, 3.63) is 71.8 Å². The maximum Gasteiger partial charge on any atom is 0.328 e. The Morgan fingerprint density at radius 3 is 1.95 bits per heavy atom. The van der Waals surface area contributed by atoms with E-state index in [1.54, 1.807) is 7.11 Å². The Bertz CT molecular complexity index is 582. The first-order valence-corrected chi connectivity index (χ1v) is 7.12. The van der Waals surface area contributed by atoms with Crippen LogP contribution in [-0.2, 0) is 9.53 Å². The number of methoxy groups -OCH3 is 1. The molecule has 0 bridgehead atoms. The van der Waals surface area contributed by atoms with Crippen LogP contribution in [0, 0.1) is 0 Å². The van der Waals surface area contributed by atoms with Crippen LogP contribution >= 0.6 is 0 Å². The van der Waals surface area contributed by atoms with Crippen molar-refractivity contribution in [3.63, 3.8) is 0 Å². The van der Waals surface area contributed by atoms with E-state index in [1.807, 2.05) is 60.7 Å². The van der Waals surface area contributed by atoms with Gasteiger partial charge in [-0.25, -0.2) is 4.79 Å². The molecule has 0 aliphatic carbocycles. The Morgan fingerprint density at radius 1 is 1.05 bits per heavy atom. The number of rotatable bonds is 7. The number of hydrogen-bond donors (Lipinski definition) is 1.